The summed E-state index contributed by atoms with van der Waals surface area (Å²) >= 11 is 0. The zero-order chi connectivity index (χ0) is 17.1. The maximum atomic E-state index is 11.8. The number of hydrogen-bond donors (Lipinski definition) is 1. The zero-order valence-corrected chi connectivity index (χ0v) is 14.7. The molecule has 0 aliphatic carbocycles. The van der Waals surface area contributed by atoms with Gasteiger partial charge in [-0.25, -0.2) is 4.98 Å². The lowest BCUT2D eigenvalue weighted by Crippen LogP contribution is -2.49. The topological polar surface area (TPSA) is 52.2 Å². The average molecular weight is 326 g/mol. The van der Waals surface area contributed by atoms with Crippen molar-refractivity contribution in [2.45, 2.75) is 39.8 Å². The van der Waals surface area contributed by atoms with E-state index in [0.29, 0.717) is 0 Å². The summed E-state index contributed by atoms with van der Waals surface area (Å²) in [6.07, 6.45) is 0.918. The standard InChI is InChI=1S/C19H26N4O/c1-4-19-20-14(2)17(21-19)12-23-11-10-22(15(3)24)13-18(23)16-8-6-5-7-9-16/h5-9,18H,4,10-13H2,1-3H3,(H,20,21). The van der Waals surface area contributed by atoms with Crippen molar-refractivity contribution < 1.29 is 4.79 Å². The first kappa shape index (κ1) is 16.7. The molecule has 2 aromatic rings. The van der Waals surface area contributed by atoms with Crippen molar-refractivity contribution in [3.05, 3.63) is 53.1 Å². The molecule has 1 atom stereocenters. The molecule has 1 amide bonds. The molecule has 1 unspecified atom stereocenters. The van der Waals surface area contributed by atoms with E-state index in [-0.39, 0.29) is 11.9 Å². The van der Waals surface area contributed by atoms with Crippen molar-refractivity contribution >= 4 is 5.91 Å². The Labute approximate surface area is 143 Å². The van der Waals surface area contributed by atoms with Crippen LogP contribution in [-0.4, -0.2) is 45.3 Å². The molecule has 5 nitrogen and oxygen atoms in total. The maximum Gasteiger partial charge on any atom is 0.219 e. The predicted molar refractivity (Wildman–Crippen MR) is 94.5 cm³/mol. The van der Waals surface area contributed by atoms with Crippen molar-refractivity contribution in [1.82, 2.24) is 19.8 Å². The molecule has 1 saturated heterocycles. The summed E-state index contributed by atoms with van der Waals surface area (Å²) in [5, 5.41) is 0. The molecular weight excluding hydrogens is 300 g/mol. The minimum absolute atomic E-state index is 0.153. The molecule has 24 heavy (non-hydrogen) atoms. The largest absolute Gasteiger partial charge is 0.346 e. The molecule has 0 radical (unpaired) electrons. The van der Waals surface area contributed by atoms with Gasteiger partial charge in [0.15, 0.2) is 0 Å². The van der Waals surface area contributed by atoms with Gasteiger partial charge >= 0.3 is 0 Å². The summed E-state index contributed by atoms with van der Waals surface area (Å²) in [5.74, 6) is 1.20. The highest BCUT2D eigenvalue weighted by Crippen LogP contribution is 2.27. The highest BCUT2D eigenvalue weighted by molar-refractivity contribution is 5.73. The second-order valence-electron chi connectivity index (χ2n) is 6.47. The molecule has 3 rings (SSSR count). The van der Waals surface area contributed by atoms with Gasteiger partial charge in [0.05, 0.1) is 11.7 Å². The molecule has 0 bridgehead atoms. The second-order valence-corrected chi connectivity index (χ2v) is 6.47. The van der Waals surface area contributed by atoms with Crippen LogP contribution in [0, 0.1) is 6.92 Å². The number of nitrogens with zero attached hydrogens (tertiary/aromatic N) is 3. The Balaban J connectivity index is 1.84. The summed E-state index contributed by atoms with van der Waals surface area (Å²) < 4.78 is 0. The van der Waals surface area contributed by atoms with Gasteiger partial charge in [0.25, 0.3) is 0 Å². The molecule has 5 heteroatoms. The molecule has 1 aromatic heterocycles. The summed E-state index contributed by atoms with van der Waals surface area (Å²) in [7, 11) is 0. The summed E-state index contributed by atoms with van der Waals surface area (Å²) in [5.41, 5.74) is 3.52. The van der Waals surface area contributed by atoms with Gasteiger partial charge in [-0.2, -0.15) is 0 Å². The Morgan fingerprint density at radius 1 is 1.29 bits per heavy atom. The number of aromatic nitrogens is 2. The van der Waals surface area contributed by atoms with Crippen molar-refractivity contribution in [1.29, 1.82) is 0 Å². The lowest BCUT2D eigenvalue weighted by molar-refractivity contribution is -0.132. The first-order valence-electron chi connectivity index (χ1n) is 8.67. The van der Waals surface area contributed by atoms with Crippen LogP contribution in [0.25, 0.3) is 0 Å². The Morgan fingerprint density at radius 2 is 2.04 bits per heavy atom. The fourth-order valence-corrected chi connectivity index (χ4v) is 3.36. The fourth-order valence-electron chi connectivity index (χ4n) is 3.36. The van der Waals surface area contributed by atoms with E-state index >= 15 is 0 Å². The Kier molecular flexibility index (Phi) is 5.00. The van der Waals surface area contributed by atoms with Crippen LogP contribution < -0.4 is 0 Å². The minimum atomic E-state index is 0.153. The predicted octanol–water partition coefficient (Wildman–Crippen LogP) is 2.69. The molecule has 0 saturated carbocycles. The van der Waals surface area contributed by atoms with Crippen molar-refractivity contribution in [3.8, 4) is 0 Å². The third-order valence-corrected chi connectivity index (χ3v) is 4.84. The van der Waals surface area contributed by atoms with E-state index in [9.17, 15) is 4.79 Å². The molecule has 1 fully saturated rings. The number of hydrogen-bond acceptors (Lipinski definition) is 3. The molecule has 1 aliphatic rings. The number of carbonyl (C=O) groups excluding carboxylic acids is 1. The van der Waals surface area contributed by atoms with Crippen LogP contribution in [-0.2, 0) is 17.8 Å². The third kappa shape index (κ3) is 3.51. The quantitative estimate of drug-likeness (QED) is 0.940. The van der Waals surface area contributed by atoms with E-state index in [1.54, 1.807) is 6.92 Å². The van der Waals surface area contributed by atoms with Crippen LogP contribution in [0.3, 0.4) is 0 Å². The van der Waals surface area contributed by atoms with Crippen LogP contribution in [0.2, 0.25) is 0 Å². The van der Waals surface area contributed by atoms with Crippen molar-refractivity contribution in [2.24, 2.45) is 0 Å². The lowest BCUT2D eigenvalue weighted by atomic mass is 10.0. The highest BCUT2D eigenvalue weighted by atomic mass is 16.2. The van der Waals surface area contributed by atoms with E-state index in [1.165, 1.54) is 5.56 Å². The van der Waals surface area contributed by atoms with Gasteiger partial charge in [-0.05, 0) is 12.5 Å². The number of benzene rings is 1. The van der Waals surface area contributed by atoms with Crippen LogP contribution in [0.1, 0.15) is 42.7 Å². The third-order valence-electron chi connectivity index (χ3n) is 4.84. The summed E-state index contributed by atoms with van der Waals surface area (Å²) in [6.45, 7) is 9.06. The molecule has 128 valence electrons. The van der Waals surface area contributed by atoms with Gasteiger partial charge in [-0.1, -0.05) is 37.3 Å². The van der Waals surface area contributed by atoms with Gasteiger partial charge in [0.2, 0.25) is 5.91 Å². The van der Waals surface area contributed by atoms with E-state index in [4.69, 9.17) is 4.98 Å². The molecular formula is C19H26N4O. The number of aromatic amines is 1. The number of H-pyrrole nitrogens is 1. The first-order valence-corrected chi connectivity index (χ1v) is 8.67. The molecule has 2 heterocycles. The van der Waals surface area contributed by atoms with Gasteiger partial charge in [0, 0.05) is 45.2 Å². The van der Waals surface area contributed by atoms with Crippen molar-refractivity contribution in [3.63, 3.8) is 0 Å². The number of rotatable bonds is 4. The monoisotopic (exact) mass is 326 g/mol. The highest BCUT2D eigenvalue weighted by Gasteiger charge is 2.30. The SMILES string of the molecule is CCc1nc(CN2CCN(C(C)=O)CC2c2ccccc2)c(C)[nH]1. The van der Waals surface area contributed by atoms with Crippen LogP contribution >= 0.6 is 0 Å². The molecule has 1 aromatic carbocycles. The number of carbonyl (C=O) groups is 1. The average Bonchev–Trinajstić information content (AvgIpc) is 2.96. The van der Waals surface area contributed by atoms with E-state index in [2.05, 4.69) is 48.0 Å². The number of amides is 1. The first-order chi connectivity index (χ1) is 11.6. The number of imidazole rings is 1. The van der Waals surface area contributed by atoms with Crippen LogP contribution in [0.4, 0.5) is 0 Å². The fraction of sp³-hybridized carbons (Fsp3) is 0.474. The van der Waals surface area contributed by atoms with Crippen LogP contribution in [0.15, 0.2) is 30.3 Å². The van der Waals surface area contributed by atoms with Gasteiger partial charge in [0.1, 0.15) is 5.82 Å². The normalized spacial score (nSPS) is 18.8. The van der Waals surface area contributed by atoms with Gasteiger partial charge in [-0.3, -0.25) is 9.69 Å². The maximum absolute atomic E-state index is 11.8. The molecule has 0 spiro atoms. The molecule has 1 aliphatic heterocycles. The van der Waals surface area contributed by atoms with Crippen LogP contribution in [0.5, 0.6) is 0 Å². The Bertz CT molecular complexity index is 695. The Hall–Kier alpha value is -2.14. The van der Waals surface area contributed by atoms with Gasteiger partial charge < -0.3 is 9.88 Å². The number of piperazine rings is 1. The summed E-state index contributed by atoms with van der Waals surface area (Å²) in [6, 6.07) is 10.7. The molecule has 1 N–H and O–H groups in total. The second kappa shape index (κ2) is 7.18. The number of aryl methyl sites for hydroxylation is 2. The minimum Gasteiger partial charge on any atom is -0.346 e. The lowest BCUT2D eigenvalue weighted by Gasteiger charge is -2.41. The zero-order valence-electron chi connectivity index (χ0n) is 14.7. The van der Waals surface area contributed by atoms with Crippen molar-refractivity contribution in [2.75, 3.05) is 19.6 Å². The van der Waals surface area contributed by atoms with Gasteiger partial charge in [-0.15, -0.1) is 0 Å². The summed E-state index contributed by atoms with van der Waals surface area (Å²) in [4.78, 5) is 24.3. The number of nitrogens with one attached hydrogen (secondary N) is 1. The smallest absolute Gasteiger partial charge is 0.219 e. The van der Waals surface area contributed by atoms with E-state index in [0.717, 1.165) is 49.8 Å². The van der Waals surface area contributed by atoms with E-state index in [1.807, 2.05) is 11.0 Å². The Morgan fingerprint density at radius 3 is 2.67 bits per heavy atom. The van der Waals surface area contributed by atoms with E-state index < -0.39 is 0 Å².